The van der Waals surface area contributed by atoms with Gasteiger partial charge in [-0.15, -0.1) is 0 Å². The largest absolute Gasteiger partial charge is 0.326 e. The Kier molecular flexibility index (Phi) is 4.61. The van der Waals surface area contributed by atoms with Gasteiger partial charge in [-0.2, -0.15) is 0 Å². The third kappa shape index (κ3) is 3.21. The molecule has 2 aromatic carbocycles. The van der Waals surface area contributed by atoms with Crippen LogP contribution in [0.2, 0.25) is 0 Å². The van der Waals surface area contributed by atoms with E-state index in [4.69, 9.17) is 0 Å². The van der Waals surface area contributed by atoms with Crippen molar-refractivity contribution >= 4 is 17.7 Å². The summed E-state index contributed by atoms with van der Waals surface area (Å²) in [7, 11) is 0. The van der Waals surface area contributed by atoms with E-state index < -0.39 is 0 Å². The minimum atomic E-state index is 0.0955. The Balaban J connectivity index is 1.78. The molecule has 3 rings (SSSR count). The van der Waals surface area contributed by atoms with E-state index in [9.17, 15) is 4.79 Å². The van der Waals surface area contributed by atoms with Crippen LogP contribution in [0.3, 0.4) is 0 Å². The van der Waals surface area contributed by atoms with Crippen molar-refractivity contribution in [3.05, 3.63) is 59.7 Å². The van der Waals surface area contributed by atoms with Crippen LogP contribution in [0, 0.1) is 5.92 Å². The Labute approximate surface area is 138 Å². The second-order valence-corrected chi connectivity index (χ2v) is 6.06. The van der Waals surface area contributed by atoms with E-state index in [1.165, 1.54) is 22.3 Å². The molecule has 0 saturated heterocycles. The molecular weight excluding hydrogens is 282 g/mol. The van der Waals surface area contributed by atoms with Crippen molar-refractivity contribution in [1.29, 1.82) is 0 Å². The molecule has 1 N–H and O–H groups in total. The molecule has 0 spiro atoms. The summed E-state index contributed by atoms with van der Waals surface area (Å²) in [6, 6.07) is 14.6. The molecule has 0 aromatic heterocycles. The van der Waals surface area contributed by atoms with Crippen LogP contribution in [0.25, 0.3) is 17.2 Å². The number of carbonyl (C=O) groups excluding carboxylic acids is 1. The molecule has 0 saturated carbocycles. The van der Waals surface area contributed by atoms with Crippen LogP contribution in [-0.4, -0.2) is 5.91 Å². The summed E-state index contributed by atoms with van der Waals surface area (Å²) >= 11 is 0. The molecule has 2 aromatic rings. The Morgan fingerprint density at radius 1 is 1.09 bits per heavy atom. The summed E-state index contributed by atoms with van der Waals surface area (Å²) in [5.74, 6) is 0.214. The minimum Gasteiger partial charge on any atom is -0.326 e. The van der Waals surface area contributed by atoms with Gasteiger partial charge in [0.25, 0.3) is 0 Å². The van der Waals surface area contributed by atoms with E-state index in [2.05, 4.69) is 61.6 Å². The van der Waals surface area contributed by atoms with Gasteiger partial charge >= 0.3 is 0 Å². The normalized spacial score (nSPS) is 12.5. The van der Waals surface area contributed by atoms with Gasteiger partial charge < -0.3 is 5.32 Å². The van der Waals surface area contributed by atoms with Crippen molar-refractivity contribution in [2.24, 2.45) is 5.92 Å². The fourth-order valence-corrected chi connectivity index (χ4v) is 3.20. The standard InChI is InChI=1S/C21H23NO/c1-3-15(4-2)21(23)22-18-13-11-17(12-14-18)20-10-6-8-16-7-5-9-19(16)20/h5-8,10-15H,3-4,9H2,1-2H3,(H,22,23). The molecule has 0 heterocycles. The zero-order chi connectivity index (χ0) is 16.2. The Morgan fingerprint density at radius 3 is 2.52 bits per heavy atom. The monoisotopic (exact) mass is 305 g/mol. The van der Waals surface area contributed by atoms with Crippen LogP contribution in [0.4, 0.5) is 5.69 Å². The topological polar surface area (TPSA) is 29.1 Å². The predicted molar refractivity (Wildman–Crippen MR) is 97.3 cm³/mol. The van der Waals surface area contributed by atoms with Crippen molar-refractivity contribution in [2.45, 2.75) is 33.1 Å². The quantitative estimate of drug-likeness (QED) is 0.798. The summed E-state index contributed by atoms with van der Waals surface area (Å²) in [5, 5.41) is 3.02. The molecular formula is C21H23NO. The number of nitrogens with one attached hydrogen (secondary N) is 1. The smallest absolute Gasteiger partial charge is 0.227 e. The highest BCUT2D eigenvalue weighted by Crippen LogP contribution is 2.31. The predicted octanol–water partition coefficient (Wildman–Crippen LogP) is 5.30. The minimum absolute atomic E-state index is 0.0955. The van der Waals surface area contributed by atoms with Gasteiger partial charge in [0.1, 0.15) is 0 Å². The van der Waals surface area contributed by atoms with Gasteiger partial charge in [-0.25, -0.2) is 0 Å². The summed E-state index contributed by atoms with van der Waals surface area (Å²) in [6.45, 7) is 4.11. The second-order valence-electron chi connectivity index (χ2n) is 6.06. The molecule has 2 heteroatoms. The van der Waals surface area contributed by atoms with Gasteiger partial charge in [-0.3, -0.25) is 4.79 Å². The lowest BCUT2D eigenvalue weighted by atomic mass is 9.96. The van der Waals surface area contributed by atoms with Crippen molar-refractivity contribution in [1.82, 2.24) is 0 Å². The fraction of sp³-hybridized carbons (Fsp3) is 0.286. The molecule has 2 nitrogen and oxygen atoms in total. The van der Waals surface area contributed by atoms with Crippen molar-refractivity contribution in [3.63, 3.8) is 0 Å². The molecule has 0 unspecified atom stereocenters. The van der Waals surface area contributed by atoms with E-state index in [1.54, 1.807) is 0 Å². The van der Waals surface area contributed by atoms with Gasteiger partial charge in [0.05, 0.1) is 0 Å². The van der Waals surface area contributed by atoms with E-state index in [-0.39, 0.29) is 11.8 Å². The Morgan fingerprint density at radius 2 is 1.83 bits per heavy atom. The number of hydrogen-bond acceptors (Lipinski definition) is 1. The molecule has 1 amide bonds. The number of allylic oxidation sites excluding steroid dienone is 1. The lowest BCUT2D eigenvalue weighted by Gasteiger charge is -2.13. The van der Waals surface area contributed by atoms with Gasteiger partial charge in [0.15, 0.2) is 0 Å². The molecule has 1 aliphatic rings. The van der Waals surface area contributed by atoms with Crippen LogP contribution < -0.4 is 5.32 Å². The van der Waals surface area contributed by atoms with Gasteiger partial charge in [0, 0.05) is 11.6 Å². The summed E-state index contributed by atoms with van der Waals surface area (Å²) in [4.78, 5) is 12.2. The Bertz CT molecular complexity index is 724. The maximum Gasteiger partial charge on any atom is 0.227 e. The van der Waals surface area contributed by atoms with Gasteiger partial charge in [0.2, 0.25) is 5.91 Å². The number of benzene rings is 2. The van der Waals surface area contributed by atoms with Crippen molar-refractivity contribution < 1.29 is 4.79 Å². The summed E-state index contributed by atoms with van der Waals surface area (Å²) < 4.78 is 0. The molecule has 0 aliphatic heterocycles. The highest BCUT2D eigenvalue weighted by atomic mass is 16.1. The number of anilines is 1. The third-order valence-corrected chi connectivity index (χ3v) is 4.65. The molecule has 23 heavy (non-hydrogen) atoms. The van der Waals surface area contributed by atoms with E-state index >= 15 is 0 Å². The van der Waals surface area contributed by atoms with Crippen LogP contribution in [0.1, 0.15) is 37.8 Å². The lowest BCUT2D eigenvalue weighted by Crippen LogP contribution is -2.21. The van der Waals surface area contributed by atoms with Crippen LogP contribution in [-0.2, 0) is 11.2 Å². The maximum atomic E-state index is 12.2. The molecule has 118 valence electrons. The van der Waals surface area contributed by atoms with E-state index in [1.807, 2.05) is 12.1 Å². The highest BCUT2D eigenvalue weighted by Gasteiger charge is 2.14. The SMILES string of the molecule is CCC(CC)C(=O)Nc1ccc(-c2cccc3c2CC=C3)cc1. The van der Waals surface area contributed by atoms with Crippen LogP contribution in [0.15, 0.2) is 48.5 Å². The Hall–Kier alpha value is -2.35. The van der Waals surface area contributed by atoms with E-state index in [0.717, 1.165) is 24.9 Å². The molecule has 0 atom stereocenters. The fourth-order valence-electron chi connectivity index (χ4n) is 3.20. The lowest BCUT2D eigenvalue weighted by molar-refractivity contribution is -0.120. The summed E-state index contributed by atoms with van der Waals surface area (Å²) in [6.07, 6.45) is 7.15. The zero-order valence-electron chi connectivity index (χ0n) is 13.8. The molecule has 0 bridgehead atoms. The van der Waals surface area contributed by atoms with Crippen LogP contribution >= 0.6 is 0 Å². The van der Waals surface area contributed by atoms with Crippen molar-refractivity contribution in [3.8, 4) is 11.1 Å². The summed E-state index contributed by atoms with van der Waals surface area (Å²) in [5.41, 5.74) is 6.06. The van der Waals surface area contributed by atoms with Crippen LogP contribution in [0.5, 0.6) is 0 Å². The first kappa shape index (κ1) is 15.5. The average Bonchev–Trinajstić information content (AvgIpc) is 3.05. The number of amides is 1. The first-order chi connectivity index (χ1) is 11.2. The number of carbonyl (C=O) groups is 1. The third-order valence-electron chi connectivity index (χ3n) is 4.65. The zero-order valence-corrected chi connectivity index (χ0v) is 13.8. The number of hydrogen-bond donors (Lipinski definition) is 1. The number of fused-ring (bicyclic) bond motifs is 1. The second kappa shape index (κ2) is 6.82. The molecule has 1 aliphatic carbocycles. The van der Waals surface area contributed by atoms with E-state index in [0.29, 0.717) is 0 Å². The molecule has 0 radical (unpaired) electrons. The van der Waals surface area contributed by atoms with Crippen molar-refractivity contribution in [2.75, 3.05) is 5.32 Å². The average molecular weight is 305 g/mol. The first-order valence-electron chi connectivity index (χ1n) is 8.42. The maximum absolute atomic E-state index is 12.2. The van der Waals surface area contributed by atoms with Gasteiger partial charge in [-0.1, -0.05) is 56.3 Å². The number of rotatable bonds is 5. The highest BCUT2D eigenvalue weighted by molar-refractivity contribution is 5.92. The molecule has 0 fully saturated rings. The first-order valence-corrected chi connectivity index (χ1v) is 8.42. The van der Waals surface area contributed by atoms with Gasteiger partial charge in [-0.05, 0) is 53.6 Å².